The van der Waals surface area contributed by atoms with Gasteiger partial charge in [-0.25, -0.2) is 5.43 Å². The van der Waals surface area contributed by atoms with E-state index in [2.05, 4.69) is 15.8 Å². The summed E-state index contributed by atoms with van der Waals surface area (Å²) in [6.07, 6.45) is -4.00. The van der Waals surface area contributed by atoms with Gasteiger partial charge < -0.3 is 5.32 Å². The van der Waals surface area contributed by atoms with Crippen LogP contribution < -0.4 is 10.7 Å². The maximum atomic E-state index is 12.8. The Morgan fingerprint density at radius 3 is 2.48 bits per heavy atom. The first kappa shape index (κ1) is 17.0. The summed E-state index contributed by atoms with van der Waals surface area (Å²) in [5.74, 6) is -0.102. The van der Waals surface area contributed by atoms with E-state index in [0.29, 0.717) is 17.8 Å². The van der Waals surface area contributed by atoms with Gasteiger partial charge in [-0.2, -0.15) is 18.3 Å². The number of amides is 1. The first-order valence-corrected chi connectivity index (χ1v) is 7.74. The predicted octanol–water partition coefficient (Wildman–Crippen LogP) is 4.31. The van der Waals surface area contributed by atoms with Crippen molar-refractivity contribution in [2.45, 2.75) is 19.5 Å². The topological polar surface area (TPSA) is 53.5 Å². The van der Waals surface area contributed by atoms with Crippen molar-refractivity contribution in [1.29, 1.82) is 0 Å². The van der Waals surface area contributed by atoms with Gasteiger partial charge in [0.2, 0.25) is 5.91 Å². The molecule has 0 aromatic heterocycles. The Labute approximate surface area is 142 Å². The number of hydrazone groups is 1. The second kappa shape index (κ2) is 6.58. The van der Waals surface area contributed by atoms with Crippen LogP contribution in [0.25, 0.3) is 0 Å². The summed E-state index contributed by atoms with van der Waals surface area (Å²) < 4.78 is 38.3. The second-order valence-electron chi connectivity index (χ2n) is 5.92. The lowest BCUT2D eigenvalue weighted by Crippen LogP contribution is -2.31. The van der Waals surface area contributed by atoms with Crippen molar-refractivity contribution in [3.63, 3.8) is 0 Å². The number of nitrogens with zero attached hydrogens (tertiary/aromatic N) is 1. The molecule has 0 spiro atoms. The molecule has 1 amide bonds. The largest absolute Gasteiger partial charge is 0.416 e. The van der Waals surface area contributed by atoms with Crippen molar-refractivity contribution in [2.75, 3.05) is 5.32 Å². The van der Waals surface area contributed by atoms with E-state index in [9.17, 15) is 18.0 Å². The Balaban J connectivity index is 1.77. The van der Waals surface area contributed by atoms with Crippen molar-refractivity contribution in [2.24, 2.45) is 11.0 Å². The highest BCUT2D eigenvalue weighted by atomic mass is 19.4. The molecule has 4 nitrogen and oxygen atoms in total. The summed E-state index contributed by atoms with van der Waals surface area (Å²) >= 11 is 0. The van der Waals surface area contributed by atoms with E-state index in [1.165, 1.54) is 6.07 Å². The first-order chi connectivity index (χ1) is 11.8. The summed E-state index contributed by atoms with van der Waals surface area (Å²) in [5.41, 5.74) is 4.43. The molecule has 0 aliphatic carbocycles. The van der Waals surface area contributed by atoms with Crippen molar-refractivity contribution in [1.82, 2.24) is 5.43 Å². The van der Waals surface area contributed by atoms with Gasteiger partial charge in [-0.3, -0.25) is 4.79 Å². The number of nitrogens with one attached hydrogen (secondary N) is 2. The molecule has 130 valence electrons. The van der Waals surface area contributed by atoms with Crippen LogP contribution in [0.5, 0.6) is 0 Å². The number of carbonyl (C=O) groups is 1. The minimum absolute atomic E-state index is 0.0102. The van der Waals surface area contributed by atoms with Crippen LogP contribution in [0.1, 0.15) is 24.5 Å². The van der Waals surface area contributed by atoms with Crippen LogP contribution in [0.15, 0.2) is 53.6 Å². The molecule has 1 atom stereocenters. The normalized spacial score (nSPS) is 17.7. The fraction of sp³-hybridized carbons (Fsp3) is 0.222. The number of hydrogen-bond acceptors (Lipinski definition) is 3. The van der Waals surface area contributed by atoms with E-state index in [-0.39, 0.29) is 11.8 Å². The second-order valence-corrected chi connectivity index (χ2v) is 5.92. The van der Waals surface area contributed by atoms with E-state index in [0.717, 1.165) is 23.4 Å². The van der Waals surface area contributed by atoms with Crippen LogP contribution in [0.4, 0.5) is 24.5 Å². The van der Waals surface area contributed by atoms with Crippen LogP contribution in [-0.2, 0) is 11.0 Å². The van der Waals surface area contributed by atoms with Gasteiger partial charge in [0, 0.05) is 23.7 Å². The Hall–Kier alpha value is -2.83. The molecule has 2 aromatic carbocycles. The molecule has 7 heteroatoms. The number of anilines is 2. The zero-order chi connectivity index (χ0) is 18.0. The quantitative estimate of drug-likeness (QED) is 0.869. The Morgan fingerprint density at radius 1 is 1.12 bits per heavy atom. The maximum Gasteiger partial charge on any atom is 0.416 e. The van der Waals surface area contributed by atoms with Crippen molar-refractivity contribution in [3.8, 4) is 0 Å². The third-order valence-electron chi connectivity index (χ3n) is 3.92. The summed E-state index contributed by atoms with van der Waals surface area (Å²) in [5, 5.41) is 7.04. The lowest BCUT2D eigenvalue weighted by Gasteiger charge is -2.19. The van der Waals surface area contributed by atoms with Gasteiger partial charge in [0.05, 0.1) is 11.3 Å². The lowest BCUT2D eigenvalue weighted by molar-refractivity contribution is -0.137. The molecule has 0 saturated carbocycles. The standard InChI is InChI=1S/C18H16F3N3O/c1-11-9-16(25)23-24-17(11)12-5-7-14(8-6-12)22-15-4-2-3-13(10-15)18(19,20)21/h2-8,10-11,22H,9H2,1H3,(H,23,25)/t11-/m1/s1. The molecular formula is C18H16F3N3O. The van der Waals surface area contributed by atoms with Gasteiger partial charge in [0.1, 0.15) is 0 Å². The van der Waals surface area contributed by atoms with Crippen LogP contribution >= 0.6 is 0 Å². The van der Waals surface area contributed by atoms with Gasteiger partial charge in [-0.1, -0.05) is 25.1 Å². The van der Waals surface area contributed by atoms with Gasteiger partial charge in [-0.15, -0.1) is 0 Å². The van der Waals surface area contributed by atoms with Crippen LogP contribution in [0.3, 0.4) is 0 Å². The highest BCUT2D eigenvalue weighted by Gasteiger charge is 2.30. The number of halogens is 3. The molecule has 25 heavy (non-hydrogen) atoms. The van der Waals surface area contributed by atoms with Crippen molar-refractivity contribution < 1.29 is 18.0 Å². The molecule has 0 fully saturated rings. The summed E-state index contributed by atoms with van der Waals surface area (Å²) in [4.78, 5) is 11.3. The maximum absolute atomic E-state index is 12.8. The molecule has 1 heterocycles. The predicted molar refractivity (Wildman–Crippen MR) is 89.6 cm³/mol. The molecule has 1 aliphatic heterocycles. The average molecular weight is 347 g/mol. The zero-order valence-electron chi connectivity index (χ0n) is 13.4. The van der Waals surface area contributed by atoms with E-state index >= 15 is 0 Å². The van der Waals surface area contributed by atoms with E-state index in [1.807, 2.05) is 19.1 Å². The average Bonchev–Trinajstić information content (AvgIpc) is 2.55. The first-order valence-electron chi connectivity index (χ1n) is 7.74. The molecule has 1 aliphatic rings. The summed E-state index contributed by atoms with van der Waals surface area (Å²) in [7, 11) is 0. The van der Waals surface area contributed by atoms with Gasteiger partial charge >= 0.3 is 6.18 Å². The Kier molecular flexibility index (Phi) is 4.48. The van der Waals surface area contributed by atoms with Gasteiger partial charge in [0.25, 0.3) is 0 Å². The molecule has 0 radical (unpaired) electrons. The number of carbonyl (C=O) groups excluding carboxylic acids is 1. The third-order valence-corrected chi connectivity index (χ3v) is 3.92. The molecular weight excluding hydrogens is 331 g/mol. The number of alkyl halides is 3. The fourth-order valence-corrected chi connectivity index (χ4v) is 2.67. The minimum atomic E-state index is -4.37. The minimum Gasteiger partial charge on any atom is -0.356 e. The molecule has 0 unspecified atom stereocenters. The van der Waals surface area contributed by atoms with Gasteiger partial charge in [0.15, 0.2) is 0 Å². The number of hydrogen-bond donors (Lipinski definition) is 2. The van der Waals surface area contributed by atoms with E-state index < -0.39 is 11.7 Å². The van der Waals surface area contributed by atoms with E-state index in [1.54, 1.807) is 18.2 Å². The lowest BCUT2D eigenvalue weighted by atomic mass is 9.94. The monoisotopic (exact) mass is 347 g/mol. The summed E-state index contributed by atoms with van der Waals surface area (Å²) in [6.45, 7) is 1.92. The van der Waals surface area contributed by atoms with Crippen LogP contribution in [-0.4, -0.2) is 11.6 Å². The zero-order valence-corrected chi connectivity index (χ0v) is 13.4. The SMILES string of the molecule is C[C@@H]1CC(=O)NN=C1c1ccc(Nc2cccc(C(F)(F)F)c2)cc1. The van der Waals surface area contributed by atoms with Crippen LogP contribution in [0, 0.1) is 5.92 Å². The number of rotatable bonds is 3. The molecule has 2 N–H and O–H groups in total. The molecule has 3 rings (SSSR count). The Bertz CT molecular complexity index is 813. The van der Waals surface area contributed by atoms with Crippen molar-refractivity contribution in [3.05, 3.63) is 59.7 Å². The fourth-order valence-electron chi connectivity index (χ4n) is 2.67. The molecule has 2 aromatic rings. The molecule has 0 saturated heterocycles. The molecule has 0 bridgehead atoms. The van der Waals surface area contributed by atoms with Crippen molar-refractivity contribution >= 4 is 23.0 Å². The van der Waals surface area contributed by atoms with E-state index in [4.69, 9.17) is 0 Å². The highest BCUT2D eigenvalue weighted by Crippen LogP contribution is 2.31. The third kappa shape index (κ3) is 3.99. The van der Waals surface area contributed by atoms with Crippen LogP contribution in [0.2, 0.25) is 0 Å². The smallest absolute Gasteiger partial charge is 0.356 e. The highest BCUT2D eigenvalue weighted by molar-refractivity contribution is 6.05. The number of benzene rings is 2. The van der Waals surface area contributed by atoms with Gasteiger partial charge in [-0.05, 0) is 35.9 Å². The summed E-state index contributed by atoms with van der Waals surface area (Å²) in [6, 6.07) is 12.2. The Morgan fingerprint density at radius 2 is 1.84 bits per heavy atom.